The molecule has 7 atom stereocenters. The predicted molar refractivity (Wildman–Crippen MR) is 159 cm³/mol. The smallest absolute Gasteiger partial charge is 0.338 e. The first-order valence-corrected chi connectivity index (χ1v) is 14.5. The highest BCUT2D eigenvalue weighted by Crippen LogP contribution is 2.66. The molecular formula is C31H26I2O4. The fourth-order valence-electron chi connectivity index (χ4n) is 6.44. The van der Waals surface area contributed by atoms with Crippen molar-refractivity contribution in [3.63, 3.8) is 0 Å². The first kappa shape index (κ1) is 25.3. The zero-order chi connectivity index (χ0) is 25.7. The van der Waals surface area contributed by atoms with Gasteiger partial charge in [-0.3, -0.25) is 0 Å². The van der Waals surface area contributed by atoms with Gasteiger partial charge in [0, 0.05) is 30.0 Å². The number of carbonyl (C=O) groups is 1. The lowest BCUT2D eigenvalue weighted by atomic mass is 9.46. The van der Waals surface area contributed by atoms with Crippen molar-refractivity contribution in [1.82, 2.24) is 0 Å². The minimum atomic E-state index is -1.14. The predicted octanol–water partition coefficient (Wildman–Crippen LogP) is 7.30. The summed E-state index contributed by atoms with van der Waals surface area (Å²) in [6, 6.07) is 25.0. The molecule has 4 aliphatic carbocycles. The van der Waals surface area contributed by atoms with Gasteiger partial charge in [-0.25, -0.2) is 4.79 Å². The number of benzene rings is 3. The lowest BCUT2D eigenvalue weighted by Gasteiger charge is -2.61. The average Bonchev–Trinajstić information content (AvgIpc) is 2.91. The summed E-state index contributed by atoms with van der Waals surface area (Å²) >= 11 is 4.72. The molecule has 1 saturated carbocycles. The zero-order valence-electron chi connectivity index (χ0n) is 20.1. The Kier molecular flexibility index (Phi) is 6.79. The van der Waals surface area contributed by atoms with Gasteiger partial charge in [0.1, 0.15) is 12.2 Å². The molecule has 188 valence electrons. The fraction of sp³-hybridized carbons (Fsp3) is 0.258. The van der Waals surface area contributed by atoms with E-state index in [2.05, 4.69) is 88.5 Å². The number of aliphatic hydroxyl groups is 1. The highest BCUT2D eigenvalue weighted by molar-refractivity contribution is 14.1. The van der Waals surface area contributed by atoms with Crippen molar-refractivity contribution in [2.45, 2.75) is 37.3 Å². The van der Waals surface area contributed by atoms with Crippen molar-refractivity contribution < 1.29 is 19.4 Å². The lowest BCUT2D eigenvalue weighted by Crippen LogP contribution is -2.60. The van der Waals surface area contributed by atoms with Crippen molar-refractivity contribution >= 4 is 51.2 Å². The third-order valence-corrected chi connectivity index (χ3v) is 9.48. The van der Waals surface area contributed by atoms with Crippen LogP contribution in [0.4, 0.5) is 0 Å². The molecule has 0 aliphatic heterocycles. The van der Waals surface area contributed by atoms with Crippen LogP contribution in [-0.2, 0) is 9.47 Å². The van der Waals surface area contributed by atoms with Gasteiger partial charge in [0.05, 0.1) is 5.56 Å². The van der Waals surface area contributed by atoms with Crippen LogP contribution in [0.5, 0.6) is 0 Å². The van der Waals surface area contributed by atoms with E-state index >= 15 is 0 Å². The number of ether oxygens (including phenoxy) is 2. The van der Waals surface area contributed by atoms with E-state index in [0.717, 1.165) is 3.57 Å². The Hall–Kier alpha value is -2.01. The molecule has 0 amide bonds. The number of rotatable bonds is 5. The van der Waals surface area contributed by atoms with E-state index in [0.29, 0.717) is 11.1 Å². The van der Waals surface area contributed by atoms with Crippen LogP contribution in [0, 0.1) is 14.9 Å². The van der Waals surface area contributed by atoms with Crippen molar-refractivity contribution in [1.29, 1.82) is 0 Å². The van der Waals surface area contributed by atoms with Crippen LogP contribution in [0.3, 0.4) is 0 Å². The van der Waals surface area contributed by atoms with E-state index in [4.69, 9.17) is 9.47 Å². The second-order valence-corrected chi connectivity index (χ2v) is 12.6. The van der Waals surface area contributed by atoms with E-state index in [1.54, 1.807) is 12.1 Å². The van der Waals surface area contributed by atoms with Crippen LogP contribution in [0.25, 0.3) is 0 Å². The van der Waals surface area contributed by atoms with E-state index in [9.17, 15) is 9.90 Å². The van der Waals surface area contributed by atoms with Gasteiger partial charge < -0.3 is 14.6 Å². The topological polar surface area (TPSA) is 55.8 Å². The minimum Gasteiger partial charge on any atom is -0.455 e. The molecule has 1 N–H and O–H groups in total. The summed E-state index contributed by atoms with van der Waals surface area (Å²) in [6.45, 7) is 2.27. The van der Waals surface area contributed by atoms with Gasteiger partial charge in [0.2, 0.25) is 0 Å². The van der Waals surface area contributed by atoms with E-state index in [1.807, 2.05) is 48.5 Å². The third kappa shape index (κ3) is 4.39. The quantitative estimate of drug-likeness (QED) is 0.171. The second kappa shape index (κ2) is 9.94. The standard InChI is InChI=1S/C31H26I2O4/c1-31-15-14-21(33)17-24(31)25-23-16-20(32)12-13-22(23)26(31)28(37-30(35)19-10-6-3-7-11-19)27(25)36-29(34)18-8-4-2-5-9-18/h2-17,24-28,30,35H,1H3. The molecule has 7 rings (SSSR count). The maximum Gasteiger partial charge on any atom is 0.338 e. The summed E-state index contributed by atoms with van der Waals surface area (Å²) < 4.78 is 15.2. The number of halogens is 2. The van der Waals surface area contributed by atoms with Crippen LogP contribution >= 0.6 is 45.2 Å². The zero-order valence-corrected chi connectivity index (χ0v) is 24.4. The molecule has 1 fully saturated rings. The van der Waals surface area contributed by atoms with Gasteiger partial charge in [0.15, 0.2) is 6.29 Å². The van der Waals surface area contributed by atoms with Crippen molar-refractivity contribution in [2.75, 3.05) is 0 Å². The molecule has 3 aromatic rings. The molecule has 0 heterocycles. The average molecular weight is 716 g/mol. The summed E-state index contributed by atoms with van der Waals surface area (Å²) in [5.41, 5.74) is 3.34. The highest BCUT2D eigenvalue weighted by atomic mass is 127. The summed E-state index contributed by atoms with van der Waals surface area (Å²) in [7, 11) is 0. The van der Waals surface area contributed by atoms with Crippen LogP contribution in [-0.4, -0.2) is 23.3 Å². The molecule has 4 aliphatic rings. The van der Waals surface area contributed by atoms with Gasteiger partial charge in [-0.15, -0.1) is 0 Å². The lowest BCUT2D eigenvalue weighted by molar-refractivity contribution is -0.211. The Bertz CT molecular complexity index is 1390. The molecule has 3 aromatic carbocycles. The number of esters is 1. The largest absolute Gasteiger partial charge is 0.455 e. The molecular weight excluding hydrogens is 690 g/mol. The summed E-state index contributed by atoms with van der Waals surface area (Å²) in [6.07, 6.45) is 4.54. The van der Waals surface area contributed by atoms with Crippen LogP contribution in [0.15, 0.2) is 101 Å². The number of carbonyl (C=O) groups excluding carboxylic acids is 1. The number of fused-ring (bicyclic) bond motifs is 1. The van der Waals surface area contributed by atoms with Crippen molar-refractivity contribution in [3.8, 4) is 0 Å². The van der Waals surface area contributed by atoms with E-state index in [-0.39, 0.29) is 29.1 Å². The first-order chi connectivity index (χ1) is 17.9. The van der Waals surface area contributed by atoms with E-state index < -0.39 is 18.5 Å². The Morgan fingerprint density at radius 1 is 0.946 bits per heavy atom. The van der Waals surface area contributed by atoms with Gasteiger partial charge in [-0.1, -0.05) is 79.7 Å². The monoisotopic (exact) mass is 716 g/mol. The molecule has 4 nitrogen and oxygen atoms in total. The van der Waals surface area contributed by atoms with Gasteiger partial charge in [0.25, 0.3) is 0 Å². The molecule has 6 heteroatoms. The minimum absolute atomic E-state index is 0.113. The summed E-state index contributed by atoms with van der Waals surface area (Å²) in [5, 5.41) is 11.2. The summed E-state index contributed by atoms with van der Waals surface area (Å²) in [4.78, 5) is 13.4. The Labute approximate surface area is 244 Å². The molecule has 0 spiro atoms. The van der Waals surface area contributed by atoms with Crippen molar-refractivity contribution in [2.24, 2.45) is 11.3 Å². The summed E-state index contributed by atoms with van der Waals surface area (Å²) in [5.74, 6) is -0.476. The van der Waals surface area contributed by atoms with Crippen molar-refractivity contribution in [3.05, 3.63) is 126 Å². The van der Waals surface area contributed by atoms with Crippen LogP contribution in [0.2, 0.25) is 0 Å². The SMILES string of the molecule is CC12C=CC(I)=CC1C1c3cc(I)ccc3C2C(OC(O)c2ccccc2)C1OC(=O)c1ccccc1. The van der Waals surface area contributed by atoms with Crippen LogP contribution < -0.4 is 0 Å². The first-order valence-electron chi connectivity index (χ1n) is 12.4. The Morgan fingerprint density at radius 2 is 1.65 bits per heavy atom. The molecule has 0 radical (unpaired) electrons. The number of hydrogen-bond acceptors (Lipinski definition) is 4. The Balaban J connectivity index is 1.48. The molecule has 37 heavy (non-hydrogen) atoms. The number of aliphatic hydroxyl groups excluding tert-OH is 1. The maximum absolute atomic E-state index is 13.4. The van der Waals surface area contributed by atoms with Gasteiger partial charge in [-0.05, 0) is 86.5 Å². The van der Waals surface area contributed by atoms with Gasteiger partial charge in [-0.2, -0.15) is 0 Å². The second-order valence-electron chi connectivity index (χ2n) is 10.2. The number of allylic oxidation sites excluding steroid dienone is 4. The van der Waals surface area contributed by atoms with Crippen LogP contribution in [0.1, 0.15) is 52.1 Å². The number of hydrogen-bond donors (Lipinski definition) is 1. The molecule has 7 unspecified atom stereocenters. The van der Waals surface area contributed by atoms with Gasteiger partial charge >= 0.3 is 5.97 Å². The molecule has 2 bridgehead atoms. The normalized spacial score (nSPS) is 30.2. The molecule has 0 saturated heterocycles. The molecule has 0 aromatic heterocycles. The maximum atomic E-state index is 13.4. The fourth-order valence-corrected chi connectivity index (χ4v) is 7.52. The van der Waals surface area contributed by atoms with E-state index in [1.165, 1.54) is 14.7 Å². The third-order valence-electron chi connectivity index (χ3n) is 8.09. The Morgan fingerprint density at radius 3 is 2.38 bits per heavy atom. The highest BCUT2D eigenvalue weighted by Gasteiger charge is 2.63.